The molecule has 0 bridgehead atoms. The fourth-order valence-electron chi connectivity index (χ4n) is 1.40. The van der Waals surface area contributed by atoms with Crippen LogP contribution in [0.4, 0.5) is 8.78 Å². The molecule has 2 nitrogen and oxygen atoms in total. The summed E-state index contributed by atoms with van der Waals surface area (Å²) >= 11 is 1.97. The highest BCUT2D eigenvalue weighted by atomic mass is 127. The summed E-state index contributed by atoms with van der Waals surface area (Å²) in [4.78, 5) is 11.1. The van der Waals surface area contributed by atoms with Gasteiger partial charge in [-0.15, -0.1) is 0 Å². The standard InChI is InChI=1S/C10H17F2IO2/c1-4-7(8(13)5-2)10(11,12)9(14)15-6-3/h7-8H,4-6H2,1-3H3. The Hall–Kier alpha value is 0.0600. The second-order valence-electron chi connectivity index (χ2n) is 3.28. The molecule has 15 heavy (non-hydrogen) atoms. The summed E-state index contributed by atoms with van der Waals surface area (Å²) < 4.78 is 31.4. The molecule has 0 rings (SSSR count). The molecule has 0 aromatic heterocycles. The minimum Gasteiger partial charge on any atom is -0.462 e. The van der Waals surface area contributed by atoms with Gasteiger partial charge < -0.3 is 4.74 Å². The Morgan fingerprint density at radius 3 is 2.20 bits per heavy atom. The second-order valence-corrected chi connectivity index (χ2v) is 4.88. The third-order valence-corrected chi connectivity index (χ3v) is 4.03. The predicted octanol–water partition coefficient (Wildman–Crippen LogP) is 3.42. The third-order valence-electron chi connectivity index (χ3n) is 2.28. The van der Waals surface area contributed by atoms with Crippen LogP contribution in [0, 0.1) is 5.92 Å². The van der Waals surface area contributed by atoms with Crippen LogP contribution in [0.3, 0.4) is 0 Å². The van der Waals surface area contributed by atoms with E-state index in [9.17, 15) is 13.6 Å². The van der Waals surface area contributed by atoms with E-state index in [4.69, 9.17) is 0 Å². The number of hydrogen-bond donors (Lipinski definition) is 0. The molecule has 0 spiro atoms. The van der Waals surface area contributed by atoms with E-state index in [0.717, 1.165) is 0 Å². The zero-order valence-electron chi connectivity index (χ0n) is 9.23. The fraction of sp³-hybridized carbons (Fsp3) is 0.900. The molecule has 0 aliphatic heterocycles. The zero-order chi connectivity index (χ0) is 12.1. The third kappa shape index (κ3) is 3.85. The molecule has 2 unspecified atom stereocenters. The maximum absolute atomic E-state index is 13.6. The van der Waals surface area contributed by atoms with Gasteiger partial charge in [0, 0.05) is 9.84 Å². The number of hydrogen-bond acceptors (Lipinski definition) is 2. The second kappa shape index (κ2) is 6.60. The number of esters is 1. The van der Waals surface area contributed by atoms with Crippen LogP contribution in [0.2, 0.25) is 0 Å². The maximum Gasteiger partial charge on any atom is 0.377 e. The van der Waals surface area contributed by atoms with Crippen LogP contribution >= 0.6 is 22.6 Å². The summed E-state index contributed by atoms with van der Waals surface area (Å²) in [6.45, 7) is 5.01. The first-order valence-electron chi connectivity index (χ1n) is 5.10. The molecule has 0 fully saturated rings. The van der Waals surface area contributed by atoms with Gasteiger partial charge in [-0.3, -0.25) is 0 Å². The van der Waals surface area contributed by atoms with E-state index in [2.05, 4.69) is 4.74 Å². The van der Waals surface area contributed by atoms with Gasteiger partial charge in [0.2, 0.25) is 0 Å². The van der Waals surface area contributed by atoms with Crippen LogP contribution in [0.15, 0.2) is 0 Å². The van der Waals surface area contributed by atoms with Gasteiger partial charge in [0.15, 0.2) is 0 Å². The molecule has 0 saturated heterocycles. The van der Waals surface area contributed by atoms with Crippen molar-refractivity contribution in [2.75, 3.05) is 6.61 Å². The molecular weight excluding hydrogens is 317 g/mol. The lowest BCUT2D eigenvalue weighted by atomic mass is 9.93. The number of rotatable bonds is 6. The van der Waals surface area contributed by atoms with E-state index < -0.39 is 17.8 Å². The molecule has 0 aliphatic carbocycles. The highest BCUT2D eigenvalue weighted by Gasteiger charge is 2.49. The molecule has 2 atom stereocenters. The van der Waals surface area contributed by atoms with Crippen molar-refractivity contribution >= 4 is 28.6 Å². The van der Waals surface area contributed by atoms with Crippen molar-refractivity contribution in [2.24, 2.45) is 5.92 Å². The maximum atomic E-state index is 13.6. The molecular formula is C10H17F2IO2. The number of carbonyl (C=O) groups is 1. The smallest absolute Gasteiger partial charge is 0.377 e. The Morgan fingerprint density at radius 2 is 1.87 bits per heavy atom. The molecule has 0 amide bonds. The molecule has 0 heterocycles. The first-order valence-corrected chi connectivity index (χ1v) is 6.35. The van der Waals surface area contributed by atoms with E-state index >= 15 is 0 Å². The summed E-state index contributed by atoms with van der Waals surface area (Å²) in [5, 5.41) is 0. The Bertz CT molecular complexity index is 210. The van der Waals surface area contributed by atoms with Crippen molar-refractivity contribution < 1.29 is 18.3 Å². The Kier molecular flexibility index (Phi) is 6.63. The fourth-order valence-corrected chi connectivity index (χ4v) is 2.36. The van der Waals surface area contributed by atoms with Gasteiger partial charge in [-0.25, -0.2) is 4.79 Å². The van der Waals surface area contributed by atoms with E-state index in [1.165, 1.54) is 6.92 Å². The van der Waals surface area contributed by atoms with Crippen molar-refractivity contribution in [1.29, 1.82) is 0 Å². The lowest BCUT2D eigenvalue weighted by Gasteiger charge is -2.27. The molecule has 0 N–H and O–H groups in total. The molecule has 90 valence electrons. The van der Waals surface area contributed by atoms with Crippen molar-refractivity contribution in [1.82, 2.24) is 0 Å². The van der Waals surface area contributed by atoms with E-state index in [0.29, 0.717) is 6.42 Å². The van der Waals surface area contributed by atoms with Crippen LogP contribution in [-0.2, 0) is 9.53 Å². The highest BCUT2D eigenvalue weighted by molar-refractivity contribution is 14.1. The predicted molar refractivity (Wildman–Crippen MR) is 63.5 cm³/mol. The lowest BCUT2D eigenvalue weighted by molar-refractivity contribution is -0.180. The highest BCUT2D eigenvalue weighted by Crippen LogP contribution is 2.36. The normalized spacial score (nSPS) is 15.9. The van der Waals surface area contributed by atoms with Gasteiger partial charge in [0.25, 0.3) is 0 Å². The average molecular weight is 334 g/mol. The number of halogens is 3. The first kappa shape index (κ1) is 15.1. The minimum atomic E-state index is -3.37. The lowest BCUT2D eigenvalue weighted by Crippen LogP contribution is -2.42. The van der Waals surface area contributed by atoms with Crippen LogP contribution in [0.5, 0.6) is 0 Å². The molecule has 5 heteroatoms. The van der Waals surface area contributed by atoms with E-state index in [-0.39, 0.29) is 17.0 Å². The Balaban J connectivity index is 4.71. The molecule has 0 saturated carbocycles. The van der Waals surface area contributed by atoms with Crippen LogP contribution in [-0.4, -0.2) is 22.4 Å². The first-order chi connectivity index (χ1) is 6.91. The number of alkyl halides is 3. The van der Waals surface area contributed by atoms with Gasteiger partial charge in [-0.2, -0.15) is 8.78 Å². The molecule has 0 aliphatic rings. The summed E-state index contributed by atoms with van der Waals surface area (Å²) in [6, 6.07) is 0. The quantitative estimate of drug-likeness (QED) is 0.423. The molecule has 0 aromatic carbocycles. The minimum absolute atomic E-state index is 0.0110. The Morgan fingerprint density at radius 1 is 1.33 bits per heavy atom. The topological polar surface area (TPSA) is 26.3 Å². The van der Waals surface area contributed by atoms with Crippen LogP contribution in [0.25, 0.3) is 0 Å². The summed E-state index contributed by atoms with van der Waals surface area (Å²) in [5.74, 6) is -5.71. The number of carbonyl (C=O) groups excluding carboxylic acids is 1. The molecule has 0 aromatic rings. The van der Waals surface area contributed by atoms with Crippen LogP contribution < -0.4 is 0 Å². The largest absolute Gasteiger partial charge is 0.462 e. The van der Waals surface area contributed by atoms with Gasteiger partial charge in [0.1, 0.15) is 0 Å². The van der Waals surface area contributed by atoms with Crippen molar-refractivity contribution in [3.8, 4) is 0 Å². The SMILES string of the molecule is CCOC(=O)C(F)(F)C(CC)C(I)CC. The van der Waals surface area contributed by atoms with Crippen LogP contribution in [0.1, 0.15) is 33.6 Å². The average Bonchev–Trinajstić information content (AvgIpc) is 2.18. The summed E-state index contributed by atoms with van der Waals surface area (Å²) in [7, 11) is 0. The van der Waals surface area contributed by atoms with Crippen molar-refractivity contribution in [3.05, 3.63) is 0 Å². The van der Waals surface area contributed by atoms with Gasteiger partial charge in [-0.05, 0) is 19.8 Å². The van der Waals surface area contributed by atoms with Crippen molar-refractivity contribution in [2.45, 2.75) is 43.5 Å². The zero-order valence-corrected chi connectivity index (χ0v) is 11.4. The van der Waals surface area contributed by atoms with E-state index in [1.807, 2.05) is 29.5 Å². The van der Waals surface area contributed by atoms with Gasteiger partial charge in [-0.1, -0.05) is 36.4 Å². The summed E-state index contributed by atoms with van der Waals surface area (Å²) in [6.07, 6.45) is 0.890. The monoisotopic (exact) mass is 334 g/mol. The Labute approximate surface area is 103 Å². The summed E-state index contributed by atoms with van der Waals surface area (Å²) in [5.41, 5.74) is 0. The molecule has 0 radical (unpaired) electrons. The number of ether oxygens (including phenoxy) is 1. The van der Waals surface area contributed by atoms with Gasteiger partial charge >= 0.3 is 11.9 Å². The van der Waals surface area contributed by atoms with Gasteiger partial charge in [0.05, 0.1) is 6.61 Å². The van der Waals surface area contributed by atoms with E-state index in [1.54, 1.807) is 6.92 Å². The van der Waals surface area contributed by atoms with Crippen molar-refractivity contribution in [3.63, 3.8) is 0 Å².